The fourth-order valence-electron chi connectivity index (χ4n) is 4.24. The molecule has 0 aromatic carbocycles. The molecule has 1 saturated heterocycles. The van der Waals surface area contributed by atoms with Crippen molar-refractivity contribution in [1.82, 2.24) is 0 Å². The number of rotatable bonds is 4. The number of ether oxygens (including phenoxy) is 4. The van der Waals surface area contributed by atoms with Gasteiger partial charge in [0.25, 0.3) is 0 Å². The Bertz CT molecular complexity index is 693. The molecule has 8 N–H and O–H groups in total. The minimum atomic E-state index is -2.58. The number of hydrogen-bond donors (Lipinski definition) is 8. The maximum atomic E-state index is 12.1. The molecule has 172 valence electrons. The monoisotopic (exact) mass is 438 g/mol. The van der Waals surface area contributed by atoms with E-state index in [0.717, 1.165) is 14.0 Å². The van der Waals surface area contributed by atoms with E-state index < -0.39 is 84.5 Å². The van der Waals surface area contributed by atoms with Crippen molar-refractivity contribution in [3.8, 4) is 0 Å². The molecule has 0 amide bonds. The Kier molecular flexibility index (Phi) is 6.16. The van der Waals surface area contributed by atoms with E-state index in [1.165, 1.54) is 0 Å². The summed E-state index contributed by atoms with van der Waals surface area (Å²) in [5.41, 5.74) is -5.43. The highest BCUT2D eigenvalue weighted by atomic mass is 16.8. The highest BCUT2D eigenvalue weighted by Gasteiger charge is 2.72. The molecule has 13 heteroatoms. The van der Waals surface area contributed by atoms with Crippen LogP contribution in [0, 0.1) is 5.92 Å². The lowest BCUT2D eigenvalue weighted by molar-refractivity contribution is -0.352. The molecular formula is C17H26O13. The van der Waals surface area contributed by atoms with Crippen molar-refractivity contribution in [1.29, 1.82) is 0 Å². The molecular weight excluding hydrogens is 412 g/mol. The first-order valence-electron chi connectivity index (χ1n) is 9.14. The Morgan fingerprint density at radius 3 is 2.27 bits per heavy atom. The molecule has 2 heterocycles. The van der Waals surface area contributed by atoms with Crippen molar-refractivity contribution in [2.75, 3.05) is 13.7 Å². The lowest BCUT2D eigenvalue weighted by Gasteiger charge is -2.46. The summed E-state index contributed by atoms with van der Waals surface area (Å²) in [7, 11) is 1.01. The Hall–Kier alpha value is -1.39. The second kappa shape index (κ2) is 7.94. The van der Waals surface area contributed by atoms with Crippen LogP contribution in [0.3, 0.4) is 0 Å². The number of methoxy groups -OCH3 is 1. The molecule has 1 aliphatic carbocycles. The largest absolute Gasteiger partial charge is 0.471 e. The number of aliphatic hydroxyl groups excluding tert-OH is 6. The van der Waals surface area contributed by atoms with Crippen LogP contribution >= 0.6 is 0 Å². The Balaban J connectivity index is 1.96. The molecule has 30 heavy (non-hydrogen) atoms. The van der Waals surface area contributed by atoms with Crippen LogP contribution in [0.15, 0.2) is 11.8 Å². The maximum Gasteiger partial charge on any atom is 0.339 e. The number of fused-ring (bicyclic) bond motifs is 1. The van der Waals surface area contributed by atoms with Crippen molar-refractivity contribution in [3.05, 3.63) is 11.8 Å². The summed E-state index contributed by atoms with van der Waals surface area (Å²) in [6.45, 7) is 0.335. The van der Waals surface area contributed by atoms with Gasteiger partial charge in [0.05, 0.1) is 19.6 Å². The first-order valence-corrected chi connectivity index (χ1v) is 9.14. The summed E-state index contributed by atoms with van der Waals surface area (Å²) in [6, 6.07) is 0. The molecule has 5 unspecified atom stereocenters. The second-order valence-corrected chi connectivity index (χ2v) is 7.78. The van der Waals surface area contributed by atoms with E-state index in [4.69, 9.17) is 14.2 Å². The Morgan fingerprint density at radius 2 is 1.70 bits per heavy atom. The number of carbonyl (C=O) groups excluding carboxylic acids is 1. The smallest absolute Gasteiger partial charge is 0.339 e. The normalized spacial score (nSPS) is 51.0. The quantitative estimate of drug-likeness (QED) is 0.193. The number of aliphatic hydroxyl groups is 8. The number of esters is 1. The summed E-state index contributed by atoms with van der Waals surface area (Å²) in [5, 5.41) is 81.9. The molecule has 1 saturated carbocycles. The van der Waals surface area contributed by atoms with E-state index in [0.29, 0.717) is 6.26 Å². The summed E-state index contributed by atoms with van der Waals surface area (Å²) >= 11 is 0. The van der Waals surface area contributed by atoms with Crippen LogP contribution in [0.5, 0.6) is 0 Å². The lowest BCUT2D eigenvalue weighted by Crippen LogP contribution is -2.63. The zero-order valence-corrected chi connectivity index (χ0v) is 16.1. The van der Waals surface area contributed by atoms with Crippen LogP contribution in [0.2, 0.25) is 0 Å². The van der Waals surface area contributed by atoms with Gasteiger partial charge in [-0.1, -0.05) is 0 Å². The Morgan fingerprint density at radius 1 is 1.07 bits per heavy atom. The minimum Gasteiger partial charge on any atom is -0.471 e. The van der Waals surface area contributed by atoms with Gasteiger partial charge in [0.2, 0.25) is 6.29 Å². The van der Waals surface area contributed by atoms with Gasteiger partial charge in [-0.05, 0) is 6.92 Å². The molecule has 2 fully saturated rings. The SMILES string of the molecule is COC(=O)C1=CO[C@@H](OC2OC(CO)C(O)C(O)C2O)[C@H]2[C@@](C)(O)[C@@H](O)[C@@H](O)[C@@]12O. The molecule has 0 spiro atoms. The lowest BCUT2D eigenvalue weighted by atomic mass is 9.76. The predicted molar refractivity (Wildman–Crippen MR) is 90.9 cm³/mol. The van der Waals surface area contributed by atoms with Crippen molar-refractivity contribution in [3.63, 3.8) is 0 Å². The standard InChI is InChI=1S/C17H26O13/c1-16(25)10-15(30-14-9(21)8(20)7(19)6(3-18)29-14)28-4-5(13(24)27-2)17(10,26)12(23)11(16)22/h4,6-12,14-15,18-23,25-26H,3H2,1-2H3/t6?,7?,8?,9?,10-,11-,12+,14?,15-,16+,17+/m0/s1. The average molecular weight is 438 g/mol. The van der Waals surface area contributed by atoms with E-state index in [1.807, 2.05) is 0 Å². The summed E-state index contributed by atoms with van der Waals surface area (Å²) in [5.74, 6) is -2.79. The topological polar surface area (TPSA) is 216 Å². The van der Waals surface area contributed by atoms with E-state index >= 15 is 0 Å². The maximum absolute atomic E-state index is 12.1. The number of carbonyl (C=O) groups is 1. The van der Waals surface area contributed by atoms with Crippen LogP contribution in [0.25, 0.3) is 0 Å². The van der Waals surface area contributed by atoms with E-state index in [1.54, 1.807) is 0 Å². The van der Waals surface area contributed by atoms with Crippen molar-refractivity contribution in [2.45, 2.75) is 67.3 Å². The van der Waals surface area contributed by atoms with E-state index in [-0.39, 0.29) is 0 Å². The molecule has 2 aliphatic heterocycles. The number of hydrogen-bond acceptors (Lipinski definition) is 13. The predicted octanol–water partition coefficient (Wildman–Crippen LogP) is -4.95. The van der Waals surface area contributed by atoms with Gasteiger partial charge in [-0.15, -0.1) is 0 Å². The molecule has 13 nitrogen and oxygen atoms in total. The second-order valence-electron chi connectivity index (χ2n) is 7.78. The van der Waals surface area contributed by atoms with Crippen LogP contribution < -0.4 is 0 Å². The third kappa shape index (κ3) is 3.22. The van der Waals surface area contributed by atoms with Gasteiger partial charge >= 0.3 is 5.97 Å². The summed E-state index contributed by atoms with van der Waals surface area (Å²) < 4.78 is 20.5. The molecule has 11 atom stereocenters. The van der Waals surface area contributed by atoms with Crippen LogP contribution in [-0.2, 0) is 23.7 Å². The van der Waals surface area contributed by atoms with E-state index in [2.05, 4.69) is 4.74 Å². The van der Waals surface area contributed by atoms with Crippen molar-refractivity contribution >= 4 is 5.97 Å². The Labute approximate surface area is 170 Å². The molecule has 0 aromatic heterocycles. The zero-order chi connectivity index (χ0) is 22.6. The van der Waals surface area contributed by atoms with Gasteiger partial charge in [0.1, 0.15) is 59.7 Å². The molecule has 0 bridgehead atoms. The van der Waals surface area contributed by atoms with Gasteiger partial charge in [-0.2, -0.15) is 0 Å². The minimum absolute atomic E-state index is 0.590. The van der Waals surface area contributed by atoms with Crippen molar-refractivity contribution < 1.29 is 64.6 Å². The van der Waals surface area contributed by atoms with Crippen LogP contribution in [0.1, 0.15) is 6.92 Å². The highest BCUT2D eigenvalue weighted by Crippen LogP contribution is 2.52. The fraction of sp³-hybridized carbons (Fsp3) is 0.824. The van der Waals surface area contributed by atoms with Gasteiger partial charge in [-0.3, -0.25) is 0 Å². The third-order valence-corrected chi connectivity index (χ3v) is 6.00. The fourth-order valence-corrected chi connectivity index (χ4v) is 4.24. The molecule has 3 aliphatic rings. The van der Waals surface area contributed by atoms with Gasteiger partial charge in [0, 0.05) is 0 Å². The zero-order valence-electron chi connectivity index (χ0n) is 16.1. The first kappa shape index (κ1) is 23.3. The molecule has 0 radical (unpaired) electrons. The van der Waals surface area contributed by atoms with Crippen LogP contribution in [-0.4, -0.2) is 121 Å². The van der Waals surface area contributed by atoms with Gasteiger partial charge < -0.3 is 59.8 Å². The summed E-state index contributed by atoms with van der Waals surface area (Å²) in [6.07, 6.45) is -13.3. The van der Waals surface area contributed by atoms with E-state index in [9.17, 15) is 45.6 Å². The third-order valence-electron chi connectivity index (χ3n) is 6.00. The first-order chi connectivity index (χ1) is 13.9. The van der Waals surface area contributed by atoms with Crippen LogP contribution in [0.4, 0.5) is 0 Å². The summed E-state index contributed by atoms with van der Waals surface area (Å²) in [4.78, 5) is 12.1. The van der Waals surface area contributed by atoms with Gasteiger partial charge in [0.15, 0.2) is 6.29 Å². The molecule has 0 aromatic rings. The highest BCUT2D eigenvalue weighted by molar-refractivity contribution is 5.91. The van der Waals surface area contributed by atoms with Gasteiger partial charge in [-0.25, -0.2) is 4.79 Å². The molecule has 3 rings (SSSR count). The average Bonchev–Trinajstić information content (AvgIpc) is 2.85. The van der Waals surface area contributed by atoms with Crippen molar-refractivity contribution in [2.24, 2.45) is 5.92 Å².